The topological polar surface area (TPSA) is 169 Å². The molecule has 5 atom stereocenters. The van der Waals surface area contributed by atoms with Crippen molar-refractivity contribution in [1.82, 2.24) is 14.6 Å². The average molecular weight is 499 g/mol. The number of nitrogens with zero attached hydrogens (tertiary/aromatic N) is 1. The number of aromatic nitrogens is 2. The molecule has 1 aromatic heterocycles. The lowest BCUT2D eigenvalue weighted by molar-refractivity contribution is -0.138. The molecule has 184 valence electrons. The van der Waals surface area contributed by atoms with Gasteiger partial charge in [0, 0.05) is 6.42 Å². The number of hydrogen-bond donors (Lipinski definition) is 4. The number of aliphatic hydroxyl groups is 1. The predicted octanol–water partition coefficient (Wildman–Crippen LogP) is 1.12. The number of carboxylic acid groups (broad SMARTS) is 1. The number of hydrogen-bond acceptors (Lipinski definition) is 8. The summed E-state index contributed by atoms with van der Waals surface area (Å²) in [7, 11) is -4.30. The predicted molar refractivity (Wildman–Crippen MR) is 114 cm³/mol. The molecule has 2 aliphatic rings. The molecule has 1 unspecified atom stereocenters. The molecule has 1 aliphatic carbocycles. The van der Waals surface area contributed by atoms with Gasteiger partial charge in [0.2, 0.25) is 5.82 Å². The molecule has 0 spiro atoms. The minimum atomic E-state index is -4.30. The first-order valence-electron chi connectivity index (χ1n) is 10.4. The van der Waals surface area contributed by atoms with Gasteiger partial charge in [0.05, 0.1) is 12.3 Å². The lowest BCUT2D eigenvalue weighted by Gasteiger charge is -2.30. The molecule has 1 saturated carbocycles. The Morgan fingerprint density at radius 3 is 2.65 bits per heavy atom. The molecule has 1 saturated heterocycles. The minimum Gasteiger partial charge on any atom is -0.480 e. The normalized spacial score (nSPS) is 25.9. The fraction of sp³-hybridized carbons (Fsp3) is 0.450. The zero-order valence-corrected chi connectivity index (χ0v) is 18.8. The molecule has 34 heavy (non-hydrogen) atoms. The van der Waals surface area contributed by atoms with Crippen LogP contribution in [0.2, 0.25) is 0 Å². The van der Waals surface area contributed by atoms with E-state index in [2.05, 4.69) is 5.09 Å². The summed E-state index contributed by atoms with van der Waals surface area (Å²) < 4.78 is 45.3. The van der Waals surface area contributed by atoms with E-state index in [4.69, 9.17) is 13.8 Å². The Kier molecular flexibility index (Phi) is 6.49. The number of H-pyrrole nitrogens is 1. The zero-order valence-electron chi connectivity index (χ0n) is 17.9. The lowest BCUT2D eigenvalue weighted by atomic mass is 10.1. The molecule has 14 heteroatoms. The summed E-state index contributed by atoms with van der Waals surface area (Å²) in [6.45, 7) is 1.26. The number of halogens is 1. The fourth-order valence-corrected chi connectivity index (χ4v) is 5.64. The van der Waals surface area contributed by atoms with Crippen LogP contribution in [0.15, 0.2) is 46.1 Å². The Bertz CT molecular complexity index is 1230. The van der Waals surface area contributed by atoms with E-state index in [1.165, 1.54) is 19.1 Å². The van der Waals surface area contributed by atoms with Crippen LogP contribution in [0.1, 0.15) is 32.4 Å². The molecule has 4 N–H and O–H groups in total. The molecule has 0 radical (unpaired) electrons. The number of aliphatic carboxylic acids is 1. The van der Waals surface area contributed by atoms with E-state index in [0.29, 0.717) is 19.0 Å². The highest BCUT2D eigenvalue weighted by atomic mass is 31.2. The third-order valence-electron chi connectivity index (χ3n) is 5.59. The zero-order chi connectivity index (χ0) is 24.7. The minimum absolute atomic E-state index is 0.135. The van der Waals surface area contributed by atoms with E-state index < -0.39 is 60.9 Å². The van der Waals surface area contributed by atoms with Crippen molar-refractivity contribution in [3.8, 4) is 5.75 Å². The first-order chi connectivity index (χ1) is 16.0. The van der Waals surface area contributed by atoms with Crippen LogP contribution >= 0.6 is 7.75 Å². The average Bonchev–Trinajstić information content (AvgIpc) is 3.42. The van der Waals surface area contributed by atoms with Gasteiger partial charge in [-0.2, -0.15) is 9.48 Å². The molecule has 12 nitrogen and oxygen atoms in total. The quantitative estimate of drug-likeness (QED) is 0.367. The van der Waals surface area contributed by atoms with Crippen LogP contribution in [0.3, 0.4) is 0 Å². The number of benzene rings is 1. The van der Waals surface area contributed by atoms with E-state index in [-0.39, 0.29) is 12.2 Å². The molecular formula is C20H23FN3O9P. The molecular weight excluding hydrogens is 476 g/mol. The molecule has 0 amide bonds. The number of carboxylic acids is 1. The maximum Gasteiger partial charge on any atom is 0.460 e. The van der Waals surface area contributed by atoms with Crippen molar-refractivity contribution in [2.75, 3.05) is 0 Å². The van der Waals surface area contributed by atoms with Crippen molar-refractivity contribution in [3.63, 3.8) is 0 Å². The SMILES string of the molecule is CC(N[P@](=O)(Oc1ccccc1)OC1([C@H]2O[C@@H](n3cc(F)c(=O)[nH]c3=O)C[C@@H]2O)CC1)C(=O)O. The third kappa shape index (κ3) is 4.98. The standard InChI is InChI=1S/C20H23FN3O9P/c1-11(18(27)28)23-34(30,32-12-5-3-2-4-6-12)33-20(7-8-20)16-14(25)9-15(31-16)24-10-13(21)17(26)22-19(24)29/h2-6,10-11,14-16,25H,7-9H2,1H3,(H,23,30)(H,27,28)(H,22,26,29)/t11?,14-,15+,16-,34-/m0/s1. The van der Waals surface area contributed by atoms with Crippen molar-refractivity contribution in [2.45, 2.75) is 56.3 Å². The summed E-state index contributed by atoms with van der Waals surface area (Å²) >= 11 is 0. The second-order valence-corrected chi connectivity index (χ2v) is 9.82. The summed E-state index contributed by atoms with van der Waals surface area (Å²) in [5, 5.41) is 22.3. The highest BCUT2D eigenvalue weighted by Crippen LogP contribution is 2.59. The second kappa shape index (κ2) is 9.08. The molecule has 2 aromatic rings. The number of nitrogens with one attached hydrogen (secondary N) is 2. The molecule has 0 bridgehead atoms. The van der Waals surface area contributed by atoms with Crippen molar-refractivity contribution < 1.29 is 37.7 Å². The van der Waals surface area contributed by atoms with Gasteiger partial charge >= 0.3 is 19.4 Å². The first-order valence-corrected chi connectivity index (χ1v) is 12.0. The highest BCUT2D eigenvalue weighted by molar-refractivity contribution is 7.52. The number of aromatic amines is 1. The molecule has 2 heterocycles. The van der Waals surface area contributed by atoms with Gasteiger partial charge in [-0.25, -0.2) is 9.36 Å². The van der Waals surface area contributed by atoms with E-state index in [9.17, 15) is 33.6 Å². The van der Waals surface area contributed by atoms with Gasteiger partial charge in [-0.05, 0) is 31.9 Å². The monoisotopic (exact) mass is 499 g/mol. The van der Waals surface area contributed by atoms with Crippen LogP contribution in [0.4, 0.5) is 4.39 Å². The van der Waals surface area contributed by atoms with E-state index in [1.807, 2.05) is 4.98 Å². The van der Waals surface area contributed by atoms with Crippen LogP contribution in [-0.4, -0.2) is 49.6 Å². The molecule has 1 aromatic carbocycles. The maximum atomic E-state index is 13.7. The Morgan fingerprint density at radius 2 is 2.03 bits per heavy atom. The van der Waals surface area contributed by atoms with Gasteiger partial charge in [-0.15, -0.1) is 0 Å². The van der Waals surface area contributed by atoms with Crippen LogP contribution in [0.5, 0.6) is 5.75 Å². The Morgan fingerprint density at radius 1 is 1.35 bits per heavy atom. The van der Waals surface area contributed by atoms with E-state index >= 15 is 0 Å². The highest BCUT2D eigenvalue weighted by Gasteiger charge is 2.61. The van der Waals surface area contributed by atoms with Gasteiger partial charge in [0.1, 0.15) is 29.7 Å². The number of carbonyl (C=O) groups is 1. The summed E-state index contributed by atoms with van der Waals surface area (Å²) in [6, 6.07) is 6.69. The van der Waals surface area contributed by atoms with Crippen molar-refractivity contribution in [3.05, 3.63) is 63.2 Å². The third-order valence-corrected chi connectivity index (χ3v) is 7.34. The van der Waals surface area contributed by atoms with Crippen molar-refractivity contribution in [1.29, 1.82) is 0 Å². The van der Waals surface area contributed by atoms with Crippen LogP contribution in [-0.2, 0) is 18.6 Å². The number of para-hydroxylation sites is 1. The number of ether oxygens (including phenoxy) is 1. The number of aliphatic hydroxyl groups excluding tert-OH is 1. The maximum absolute atomic E-state index is 13.7. The summed E-state index contributed by atoms with van der Waals surface area (Å²) in [6.07, 6.45) is -2.28. The van der Waals surface area contributed by atoms with E-state index in [1.54, 1.807) is 18.2 Å². The lowest BCUT2D eigenvalue weighted by Crippen LogP contribution is -2.41. The molecule has 2 fully saturated rings. The van der Waals surface area contributed by atoms with E-state index in [0.717, 1.165) is 4.57 Å². The smallest absolute Gasteiger partial charge is 0.460 e. The van der Waals surface area contributed by atoms with Gasteiger partial charge in [-0.1, -0.05) is 18.2 Å². The fourth-order valence-electron chi connectivity index (χ4n) is 3.75. The Hall–Kier alpha value is -2.83. The van der Waals surface area contributed by atoms with Gasteiger partial charge < -0.3 is 19.5 Å². The van der Waals surface area contributed by atoms with Crippen molar-refractivity contribution in [2.24, 2.45) is 0 Å². The Balaban J connectivity index is 1.58. The first kappa shape index (κ1) is 24.3. The van der Waals surface area contributed by atoms with Crippen LogP contribution in [0.25, 0.3) is 0 Å². The number of rotatable bonds is 9. The molecule has 4 rings (SSSR count). The van der Waals surface area contributed by atoms with Gasteiger partial charge in [0.25, 0.3) is 5.56 Å². The van der Waals surface area contributed by atoms with Crippen molar-refractivity contribution >= 4 is 13.7 Å². The van der Waals surface area contributed by atoms with Gasteiger partial charge in [-0.3, -0.25) is 23.7 Å². The van der Waals surface area contributed by atoms with Crippen LogP contribution in [0, 0.1) is 5.82 Å². The summed E-state index contributed by atoms with van der Waals surface area (Å²) in [5.41, 5.74) is -3.42. The molecule has 1 aliphatic heterocycles. The van der Waals surface area contributed by atoms with Gasteiger partial charge in [0.15, 0.2) is 0 Å². The largest absolute Gasteiger partial charge is 0.480 e. The van der Waals surface area contributed by atoms with Crippen LogP contribution < -0.4 is 20.9 Å². The summed E-state index contributed by atoms with van der Waals surface area (Å²) in [4.78, 5) is 36.6. The Labute approximate surface area is 191 Å². The second-order valence-electron chi connectivity index (χ2n) is 8.20. The summed E-state index contributed by atoms with van der Waals surface area (Å²) in [5.74, 6) is -2.33.